The molecule has 1 aromatic heterocycles. The summed E-state index contributed by atoms with van der Waals surface area (Å²) in [7, 11) is 1.86. The standard InChI is InChI=1S/C14H21BrN4O3/c1-10-8-18(9-11(2)22-10)5-4-17(3)14-12(15)6-16-7-13(14)19(20)21/h6-7,10-11H,4-5,8-9H2,1-3H3/t10-,11+. The monoisotopic (exact) mass is 372 g/mol. The summed E-state index contributed by atoms with van der Waals surface area (Å²) < 4.78 is 6.35. The van der Waals surface area contributed by atoms with Gasteiger partial charge >= 0.3 is 5.69 Å². The minimum atomic E-state index is -0.400. The van der Waals surface area contributed by atoms with E-state index < -0.39 is 4.92 Å². The second-order valence-corrected chi connectivity index (χ2v) is 6.54. The average Bonchev–Trinajstić information content (AvgIpc) is 2.43. The normalized spacial score (nSPS) is 22.5. The van der Waals surface area contributed by atoms with Crippen molar-refractivity contribution >= 4 is 27.3 Å². The van der Waals surface area contributed by atoms with E-state index in [0.717, 1.165) is 19.6 Å². The highest BCUT2D eigenvalue weighted by Gasteiger charge is 2.24. The summed E-state index contributed by atoms with van der Waals surface area (Å²) in [5, 5.41) is 11.2. The van der Waals surface area contributed by atoms with Crippen molar-refractivity contribution in [3.63, 3.8) is 0 Å². The number of hydrogen-bond acceptors (Lipinski definition) is 6. The van der Waals surface area contributed by atoms with Gasteiger partial charge in [-0.15, -0.1) is 0 Å². The summed E-state index contributed by atoms with van der Waals surface area (Å²) >= 11 is 3.36. The summed E-state index contributed by atoms with van der Waals surface area (Å²) in [5.41, 5.74) is 0.579. The molecule has 0 radical (unpaired) electrons. The lowest BCUT2D eigenvalue weighted by molar-refractivity contribution is -0.384. The predicted molar refractivity (Wildman–Crippen MR) is 88.3 cm³/mol. The number of likely N-dealkylation sites (N-methyl/N-ethyl adjacent to an activating group) is 1. The van der Waals surface area contributed by atoms with Crippen LogP contribution in [0.25, 0.3) is 0 Å². The summed E-state index contributed by atoms with van der Waals surface area (Å²) in [6, 6.07) is 0. The molecular weight excluding hydrogens is 352 g/mol. The molecule has 1 aliphatic rings. The lowest BCUT2D eigenvalue weighted by atomic mass is 10.2. The second-order valence-electron chi connectivity index (χ2n) is 5.68. The number of ether oxygens (including phenoxy) is 1. The van der Waals surface area contributed by atoms with Gasteiger partial charge in [0, 0.05) is 39.4 Å². The molecule has 1 saturated heterocycles. The number of pyridine rings is 1. The number of rotatable bonds is 5. The van der Waals surface area contributed by atoms with Gasteiger partial charge in [-0.1, -0.05) is 0 Å². The minimum Gasteiger partial charge on any atom is -0.373 e. The molecule has 7 nitrogen and oxygen atoms in total. The predicted octanol–water partition coefficient (Wildman–Crippen LogP) is 2.30. The van der Waals surface area contributed by atoms with Gasteiger partial charge in [0.25, 0.3) is 0 Å². The first kappa shape index (κ1) is 17.1. The van der Waals surface area contributed by atoms with Crippen LogP contribution in [0.2, 0.25) is 0 Å². The molecule has 0 amide bonds. The van der Waals surface area contributed by atoms with Crippen molar-refractivity contribution in [2.45, 2.75) is 26.1 Å². The number of nitrogens with zero attached hydrogens (tertiary/aromatic N) is 4. The molecule has 22 heavy (non-hydrogen) atoms. The van der Waals surface area contributed by atoms with Crippen molar-refractivity contribution in [3.05, 3.63) is 27.0 Å². The van der Waals surface area contributed by atoms with Crippen LogP contribution in [0.15, 0.2) is 16.9 Å². The highest BCUT2D eigenvalue weighted by Crippen LogP contribution is 2.33. The Bertz CT molecular complexity index is 533. The van der Waals surface area contributed by atoms with Crippen molar-refractivity contribution in [1.82, 2.24) is 9.88 Å². The fraction of sp³-hybridized carbons (Fsp3) is 0.643. The number of hydrogen-bond donors (Lipinski definition) is 0. The lowest BCUT2D eigenvalue weighted by Gasteiger charge is -2.36. The van der Waals surface area contributed by atoms with Crippen LogP contribution in [-0.4, -0.2) is 60.2 Å². The molecule has 2 heterocycles. The van der Waals surface area contributed by atoms with Crippen molar-refractivity contribution < 1.29 is 9.66 Å². The van der Waals surface area contributed by atoms with Gasteiger partial charge in [0.1, 0.15) is 11.9 Å². The van der Waals surface area contributed by atoms with E-state index in [9.17, 15) is 10.1 Å². The Morgan fingerprint density at radius 3 is 2.68 bits per heavy atom. The van der Waals surface area contributed by atoms with Gasteiger partial charge in [0.05, 0.1) is 21.6 Å². The van der Waals surface area contributed by atoms with E-state index in [-0.39, 0.29) is 17.9 Å². The van der Waals surface area contributed by atoms with Gasteiger partial charge in [-0.05, 0) is 29.8 Å². The van der Waals surface area contributed by atoms with Gasteiger partial charge in [-0.3, -0.25) is 20.0 Å². The van der Waals surface area contributed by atoms with Crippen LogP contribution in [0.1, 0.15) is 13.8 Å². The van der Waals surface area contributed by atoms with Crippen LogP contribution >= 0.6 is 15.9 Å². The smallest absolute Gasteiger partial charge is 0.311 e. The van der Waals surface area contributed by atoms with Gasteiger partial charge in [0.15, 0.2) is 0 Å². The van der Waals surface area contributed by atoms with Crippen LogP contribution in [-0.2, 0) is 4.74 Å². The molecule has 0 saturated carbocycles. The molecule has 0 N–H and O–H groups in total. The van der Waals surface area contributed by atoms with E-state index in [1.54, 1.807) is 6.20 Å². The summed E-state index contributed by atoms with van der Waals surface area (Å²) in [6.45, 7) is 7.44. The fourth-order valence-electron chi connectivity index (χ4n) is 2.80. The van der Waals surface area contributed by atoms with Gasteiger partial charge in [-0.25, -0.2) is 0 Å². The van der Waals surface area contributed by atoms with E-state index in [1.807, 2.05) is 11.9 Å². The van der Waals surface area contributed by atoms with E-state index in [4.69, 9.17) is 4.74 Å². The first-order valence-electron chi connectivity index (χ1n) is 7.25. The van der Waals surface area contributed by atoms with E-state index in [0.29, 0.717) is 16.7 Å². The molecule has 2 atom stereocenters. The van der Waals surface area contributed by atoms with Crippen LogP contribution in [0.3, 0.4) is 0 Å². The fourth-order valence-corrected chi connectivity index (χ4v) is 3.42. The molecule has 0 aliphatic carbocycles. The first-order chi connectivity index (χ1) is 10.4. The van der Waals surface area contributed by atoms with Crippen molar-refractivity contribution in [3.8, 4) is 0 Å². The van der Waals surface area contributed by atoms with Crippen LogP contribution in [0.4, 0.5) is 11.4 Å². The Labute approximate surface area is 138 Å². The third-order valence-electron chi connectivity index (χ3n) is 3.68. The molecule has 2 rings (SSSR count). The SMILES string of the molecule is C[C@@H]1CN(CCN(C)c2c(Br)cncc2[N+](=O)[O-])C[C@H](C)O1. The molecular formula is C14H21BrN4O3. The van der Waals surface area contributed by atoms with Crippen molar-refractivity contribution in [2.75, 3.05) is 38.1 Å². The molecule has 0 bridgehead atoms. The first-order valence-corrected chi connectivity index (χ1v) is 8.04. The Morgan fingerprint density at radius 1 is 1.45 bits per heavy atom. The van der Waals surface area contributed by atoms with Crippen LogP contribution < -0.4 is 4.90 Å². The second kappa shape index (κ2) is 7.34. The summed E-state index contributed by atoms with van der Waals surface area (Å²) in [6.07, 6.45) is 3.31. The number of halogens is 1. The molecule has 122 valence electrons. The molecule has 1 fully saturated rings. The number of anilines is 1. The molecule has 0 unspecified atom stereocenters. The Kier molecular flexibility index (Phi) is 5.71. The van der Waals surface area contributed by atoms with E-state index in [1.165, 1.54) is 6.20 Å². The zero-order valence-electron chi connectivity index (χ0n) is 13.0. The molecule has 1 aliphatic heterocycles. The maximum atomic E-state index is 11.2. The quantitative estimate of drug-likeness (QED) is 0.583. The third-order valence-corrected chi connectivity index (χ3v) is 4.26. The molecule has 8 heteroatoms. The Morgan fingerprint density at radius 2 is 2.09 bits per heavy atom. The summed E-state index contributed by atoms with van der Waals surface area (Å²) in [5.74, 6) is 0. The zero-order valence-corrected chi connectivity index (χ0v) is 14.6. The molecule has 0 spiro atoms. The van der Waals surface area contributed by atoms with Crippen LogP contribution in [0, 0.1) is 10.1 Å². The minimum absolute atomic E-state index is 0.0144. The van der Waals surface area contributed by atoms with Crippen LogP contribution in [0.5, 0.6) is 0 Å². The zero-order chi connectivity index (χ0) is 16.3. The Hall–Kier alpha value is -1.25. The largest absolute Gasteiger partial charge is 0.373 e. The number of nitro groups is 1. The molecule has 0 aromatic carbocycles. The average molecular weight is 373 g/mol. The van der Waals surface area contributed by atoms with Gasteiger partial charge in [0.2, 0.25) is 0 Å². The van der Waals surface area contributed by atoms with Gasteiger partial charge < -0.3 is 9.64 Å². The highest BCUT2D eigenvalue weighted by molar-refractivity contribution is 9.10. The third kappa shape index (κ3) is 4.15. The lowest BCUT2D eigenvalue weighted by Crippen LogP contribution is -2.47. The number of aromatic nitrogens is 1. The Balaban J connectivity index is 2.04. The van der Waals surface area contributed by atoms with E-state index >= 15 is 0 Å². The molecule has 1 aromatic rings. The van der Waals surface area contributed by atoms with Crippen molar-refractivity contribution in [1.29, 1.82) is 0 Å². The maximum absolute atomic E-state index is 11.2. The number of morpholine rings is 1. The van der Waals surface area contributed by atoms with Gasteiger partial charge in [-0.2, -0.15) is 0 Å². The highest BCUT2D eigenvalue weighted by atomic mass is 79.9. The summed E-state index contributed by atoms with van der Waals surface area (Å²) in [4.78, 5) is 18.9. The van der Waals surface area contributed by atoms with E-state index in [2.05, 4.69) is 39.7 Å². The van der Waals surface area contributed by atoms with Crippen molar-refractivity contribution in [2.24, 2.45) is 0 Å². The maximum Gasteiger partial charge on any atom is 0.311 e. The topological polar surface area (TPSA) is 71.7 Å².